The number of amides is 4. The highest BCUT2D eigenvalue weighted by Gasteiger charge is 2.62. The summed E-state index contributed by atoms with van der Waals surface area (Å²) in [7, 11) is 1.46. The van der Waals surface area contributed by atoms with Crippen LogP contribution in [0.1, 0.15) is 24.3 Å². The Hall–Kier alpha value is -4.72. The third-order valence-electron chi connectivity index (χ3n) is 9.24. The minimum absolute atomic E-state index is 0.0722. The fourth-order valence-corrected chi connectivity index (χ4v) is 7.53. The number of phenols is 1. The molecule has 2 saturated heterocycles. The molecule has 4 amide bonds. The summed E-state index contributed by atoms with van der Waals surface area (Å²) < 4.78 is 5.25. The summed E-state index contributed by atoms with van der Waals surface area (Å²) in [5.41, 5.74) is 2.58. The van der Waals surface area contributed by atoms with E-state index in [9.17, 15) is 24.3 Å². The van der Waals surface area contributed by atoms with E-state index in [0.29, 0.717) is 35.5 Å². The first-order valence-corrected chi connectivity index (χ1v) is 13.8. The van der Waals surface area contributed by atoms with Gasteiger partial charge in [0.25, 0.3) is 0 Å². The smallest absolute Gasteiger partial charge is 0.238 e. The molecule has 206 valence electrons. The van der Waals surface area contributed by atoms with Crippen LogP contribution in [0.2, 0.25) is 0 Å². The molecule has 3 aromatic carbocycles. The summed E-state index contributed by atoms with van der Waals surface area (Å²) in [4.78, 5) is 58.1. The number of hydrogen-bond acceptors (Lipinski definition) is 6. The van der Waals surface area contributed by atoms with Gasteiger partial charge in [-0.05, 0) is 60.7 Å². The highest BCUT2D eigenvalue weighted by molar-refractivity contribution is 6.24. The fourth-order valence-electron chi connectivity index (χ4n) is 7.53. The molecule has 0 spiro atoms. The van der Waals surface area contributed by atoms with Crippen molar-refractivity contribution in [3.05, 3.63) is 96.1 Å². The molecule has 3 fully saturated rings. The van der Waals surface area contributed by atoms with E-state index in [2.05, 4.69) is 0 Å². The SMILES string of the molecule is COc1ccc(C2C3=CCC4C(=O)N(c5ccccc5)C(=O)C4C3CC3C(=O)N(c4ccccc4)C(=O)C32)cc1O. The molecule has 2 aliphatic heterocycles. The number of carbonyl (C=O) groups excluding carboxylic acids is 4. The Balaban J connectivity index is 1.35. The second-order valence-corrected chi connectivity index (χ2v) is 11.2. The van der Waals surface area contributed by atoms with Gasteiger partial charge in [0.05, 0.1) is 42.2 Å². The maximum atomic E-state index is 14.1. The topological polar surface area (TPSA) is 104 Å². The van der Waals surface area contributed by atoms with Gasteiger partial charge in [0.15, 0.2) is 11.5 Å². The van der Waals surface area contributed by atoms with Crippen molar-refractivity contribution >= 4 is 35.0 Å². The van der Waals surface area contributed by atoms with Gasteiger partial charge in [-0.25, -0.2) is 0 Å². The van der Waals surface area contributed by atoms with E-state index in [1.54, 1.807) is 66.7 Å². The van der Waals surface area contributed by atoms with Crippen molar-refractivity contribution in [1.29, 1.82) is 0 Å². The third kappa shape index (κ3) is 3.66. The maximum Gasteiger partial charge on any atom is 0.238 e. The monoisotopic (exact) mass is 548 g/mol. The number of hydrogen-bond donors (Lipinski definition) is 1. The van der Waals surface area contributed by atoms with Crippen molar-refractivity contribution in [2.75, 3.05) is 16.9 Å². The molecular formula is C33H28N2O6. The van der Waals surface area contributed by atoms with Crippen LogP contribution >= 0.6 is 0 Å². The summed E-state index contributed by atoms with van der Waals surface area (Å²) in [6.07, 6.45) is 2.66. The van der Waals surface area contributed by atoms with Crippen LogP contribution in [0, 0.1) is 29.6 Å². The minimum atomic E-state index is -0.702. The number of para-hydroxylation sites is 2. The number of ether oxygens (including phenoxy) is 1. The van der Waals surface area contributed by atoms with Crippen LogP contribution in [0.25, 0.3) is 0 Å². The quantitative estimate of drug-likeness (QED) is 0.382. The molecule has 7 rings (SSSR count). The highest BCUT2D eigenvalue weighted by atomic mass is 16.5. The Morgan fingerprint density at radius 1 is 0.707 bits per heavy atom. The second-order valence-electron chi connectivity index (χ2n) is 11.2. The van der Waals surface area contributed by atoms with Gasteiger partial charge < -0.3 is 9.84 Å². The zero-order valence-electron chi connectivity index (χ0n) is 22.3. The molecule has 0 radical (unpaired) electrons. The van der Waals surface area contributed by atoms with Crippen molar-refractivity contribution in [3.63, 3.8) is 0 Å². The number of benzene rings is 3. The van der Waals surface area contributed by atoms with Crippen LogP contribution in [0.3, 0.4) is 0 Å². The lowest BCUT2D eigenvalue weighted by Gasteiger charge is -2.44. The first-order valence-electron chi connectivity index (χ1n) is 13.8. The second kappa shape index (κ2) is 9.44. The predicted molar refractivity (Wildman–Crippen MR) is 150 cm³/mol. The molecule has 1 N–H and O–H groups in total. The number of fused-ring (bicyclic) bond motifs is 4. The van der Waals surface area contributed by atoms with E-state index >= 15 is 0 Å². The van der Waals surface area contributed by atoms with E-state index in [4.69, 9.17) is 4.74 Å². The standard InChI is InChI=1S/C33H28N2O6/c1-41-26-15-12-18(16-25(26)36)27-21-13-14-22-28(32(39)34(30(22)37)19-8-4-2-5-9-19)23(21)17-24-29(27)33(40)35(31(24)38)20-10-6-3-7-11-20/h2-13,15-16,22-24,27-29,36H,14,17H2,1H3. The molecule has 2 aliphatic carbocycles. The van der Waals surface area contributed by atoms with Gasteiger partial charge >= 0.3 is 0 Å². The van der Waals surface area contributed by atoms with Crippen LogP contribution in [-0.2, 0) is 19.2 Å². The van der Waals surface area contributed by atoms with E-state index in [1.807, 2.05) is 18.2 Å². The number of methoxy groups -OCH3 is 1. The van der Waals surface area contributed by atoms with Gasteiger partial charge in [0.2, 0.25) is 23.6 Å². The third-order valence-corrected chi connectivity index (χ3v) is 9.24. The number of imide groups is 2. The van der Waals surface area contributed by atoms with Crippen molar-refractivity contribution in [2.45, 2.75) is 18.8 Å². The average Bonchev–Trinajstić information content (AvgIpc) is 3.40. The molecule has 0 bridgehead atoms. The molecule has 1 saturated carbocycles. The van der Waals surface area contributed by atoms with Gasteiger partial charge in [0.1, 0.15) is 0 Å². The Morgan fingerprint density at radius 3 is 1.88 bits per heavy atom. The van der Waals surface area contributed by atoms with Gasteiger partial charge in [-0.15, -0.1) is 0 Å². The van der Waals surface area contributed by atoms with Crippen LogP contribution in [0.15, 0.2) is 90.5 Å². The van der Waals surface area contributed by atoms with E-state index < -0.39 is 35.5 Å². The lowest BCUT2D eigenvalue weighted by Crippen LogP contribution is -2.43. The first-order chi connectivity index (χ1) is 19.9. The van der Waals surface area contributed by atoms with Gasteiger partial charge in [-0.1, -0.05) is 54.1 Å². The van der Waals surface area contributed by atoms with Gasteiger partial charge in [-0.3, -0.25) is 29.0 Å². The molecule has 3 aromatic rings. The molecule has 6 unspecified atom stereocenters. The van der Waals surface area contributed by atoms with Crippen LogP contribution < -0.4 is 14.5 Å². The zero-order chi connectivity index (χ0) is 28.4. The number of rotatable bonds is 4. The maximum absolute atomic E-state index is 14.1. The summed E-state index contributed by atoms with van der Waals surface area (Å²) >= 11 is 0. The predicted octanol–water partition coefficient (Wildman–Crippen LogP) is 4.45. The minimum Gasteiger partial charge on any atom is -0.504 e. The number of aromatic hydroxyl groups is 1. The number of carbonyl (C=O) groups is 4. The van der Waals surface area contributed by atoms with Gasteiger partial charge in [0, 0.05) is 5.92 Å². The van der Waals surface area contributed by atoms with E-state index in [0.717, 1.165) is 5.57 Å². The van der Waals surface area contributed by atoms with Crippen LogP contribution in [0.5, 0.6) is 11.5 Å². The summed E-state index contributed by atoms with van der Waals surface area (Å²) in [5, 5.41) is 10.7. The van der Waals surface area contributed by atoms with Crippen molar-refractivity contribution < 1.29 is 29.0 Å². The molecular weight excluding hydrogens is 520 g/mol. The number of nitrogens with zero attached hydrogens (tertiary/aromatic N) is 2. The van der Waals surface area contributed by atoms with Crippen LogP contribution in [0.4, 0.5) is 11.4 Å². The normalized spacial score (nSPS) is 28.8. The van der Waals surface area contributed by atoms with Crippen molar-refractivity contribution in [2.24, 2.45) is 29.6 Å². The molecule has 0 aromatic heterocycles. The molecule has 8 heteroatoms. The molecule has 6 atom stereocenters. The fraction of sp³-hybridized carbons (Fsp3) is 0.273. The Bertz CT molecular complexity index is 1620. The lowest BCUT2D eigenvalue weighted by molar-refractivity contribution is -0.126. The largest absolute Gasteiger partial charge is 0.504 e. The molecule has 41 heavy (non-hydrogen) atoms. The zero-order valence-corrected chi connectivity index (χ0v) is 22.3. The summed E-state index contributed by atoms with van der Waals surface area (Å²) in [6, 6.07) is 22.8. The molecule has 4 aliphatic rings. The number of phenolic OH excluding ortho intramolecular Hbond substituents is 1. The summed E-state index contributed by atoms with van der Waals surface area (Å²) in [5.74, 6) is -4.37. The first kappa shape index (κ1) is 25.3. The number of allylic oxidation sites excluding steroid dienone is 2. The Labute approximate surface area is 236 Å². The van der Waals surface area contributed by atoms with Gasteiger partial charge in [-0.2, -0.15) is 0 Å². The lowest BCUT2D eigenvalue weighted by atomic mass is 9.57. The Morgan fingerprint density at radius 2 is 1.29 bits per heavy atom. The number of anilines is 2. The van der Waals surface area contributed by atoms with Crippen molar-refractivity contribution in [1.82, 2.24) is 0 Å². The molecule has 2 heterocycles. The summed E-state index contributed by atoms with van der Waals surface area (Å²) in [6.45, 7) is 0. The Kier molecular flexibility index (Phi) is 5.81. The van der Waals surface area contributed by atoms with E-state index in [1.165, 1.54) is 16.9 Å². The average molecular weight is 549 g/mol. The van der Waals surface area contributed by atoms with Crippen molar-refractivity contribution in [3.8, 4) is 11.5 Å². The van der Waals surface area contributed by atoms with Crippen LogP contribution in [-0.4, -0.2) is 35.8 Å². The highest BCUT2D eigenvalue weighted by Crippen LogP contribution is 2.58. The molecule has 8 nitrogen and oxygen atoms in total. The van der Waals surface area contributed by atoms with E-state index in [-0.39, 0.29) is 29.4 Å².